The van der Waals surface area contributed by atoms with Crippen molar-refractivity contribution < 1.29 is 4.74 Å². The van der Waals surface area contributed by atoms with E-state index in [0.717, 1.165) is 19.1 Å². The topological polar surface area (TPSA) is 21.3 Å². The van der Waals surface area contributed by atoms with Crippen molar-refractivity contribution in [2.45, 2.75) is 65.0 Å². The lowest BCUT2D eigenvalue weighted by Crippen LogP contribution is -2.40. The summed E-state index contributed by atoms with van der Waals surface area (Å²) in [6.45, 7) is 8.87. The lowest BCUT2D eigenvalue weighted by Gasteiger charge is -2.27. The number of hydrogen-bond acceptors (Lipinski definition) is 2. The van der Waals surface area contributed by atoms with Crippen molar-refractivity contribution in [1.82, 2.24) is 5.32 Å². The highest BCUT2D eigenvalue weighted by Gasteiger charge is 2.17. The van der Waals surface area contributed by atoms with Crippen LogP contribution in [-0.4, -0.2) is 25.3 Å². The second kappa shape index (κ2) is 7.24. The highest BCUT2D eigenvalue weighted by molar-refractivity contribution is 4.73. The van der Waals surface area contributed by atoms with E-state index in [2.05, 4.69) is 26.1 Å². The van der Waals surface area contributed by atoms with Gasteiger partial charge in [0.2, 0.25) is 0 Å². The largest absolute Gasteiger partial charge is 0.377 e. The second-order valence-corrected chi connectivity index (χ2v) is 4.76. The third-order valence-corrected chi connectivity index (χ3v) is 3.70. The Balaban J connectivity index is 2.16. The minimum atomic E-state index is 0.468. The SMILES string of the molecule is CCC(CC)C(C)NCC1CCCCO1. The van der Waals surface area contributed by atoms with E-state index < -0.39 is 0 Å². The van der Waals surface area contributed by atoms with Crippen LogP contribution < -0.4 is 5.32 Å². The smallest absolute Gasteiger partial charge is 0.0699 e. The van der Waals surface area contributed by atoms with E-state index in [9.17, 15) is 0 Å². The molecule has 1 aliphatic rings. The maximum Gasteiger partial charge on any atom is 0.0699 e. The van der Waals surface area contributed by atoms with Gasteiger partial charge in [0.15, 0.2) is 0 Å². The molecule has 0 aromatic heterocycles. The first kappa shape index (κ1) is 13.0. The molecule has 1 saturated heterocycles. The van der Waals surface area contributed by atoms with Crippen molar-refractivity contribution in [1.29, 1.82) is 0 Å². The monoisotopic (exact) mass is 213 g/mol. The summed E-state index contributed by atoms with van der Waals surface area (Å²) >= 11 is 0. The molecule has 1 N–H and O–H groups in total. The van der Waals surface area contributed by atoms with Gasteiger partial charge in [-0.2, -0.15) is 0 Å². The van der Waals surface area contributed by atoms with Gasteiger partial charge in [-0.3, -0.25) is 0 Å². The first-order valence-corrected chi connectivity index (χ1v) is 6.62. The van der Waals surface area contributed by atoms with E-state index in [-0.39, 0.29) is 0 Å². The van der Waals surface area contributed by atoms with E-state index in [0.29, 0.717) is 12.1 Å². The molecule has 90 valence electrons. The minimum absolute atomic E-state index is 0.468. The Labute approximate surface area is 94.8 Å². The van der Waals surface area contributed by atoms with Crippen molar-refractivity contribution in [2.24, 2.45) is 5.92 Å². The Hall–Kier alpha value is -0.0800. The summed E-state index contributed by atoms with van der Waals surface area (Å²) in [6.07, 6.45) is 6.84. The van der Waals surface area contributed by atoms with Crippen LogP contribution in [0.1, 0.15) is 52.9 Å². The molecule has 1 heterocycles. The molecule has 0 amide bonds. The van der Waals surface area contributed by atoms with Crippen molar-refractivity contribution in [3.63, 3.8) is 0 Å². The first-order valence-electron chi connectivity index (χ1n) is 6.62. The van der Waals surface area contributed by atoms with Crippen molar-refractivity contribution in [3.05, 3.63) is 0 Å². The highest BCUT2D eigenvalue weighted by Crippen LogP contribution is 2.15. The average molecular weight is 213 g/mol. The molecule has 1 aliphatic heterocycles. The molecule has 2 unspecified atom stereocenters. The van der Waals surface area contributed by atoms with E-state index in [1.165, 1.54) is 32.1 Å². The number of nitrogens with one attached hydrogen (secondary N) is 1. The summed E-state index contributed by atoms with van der Waals surface area (Å²) in [7, 11) is 0. The molecule has 1 rings (SSSR count). The van der Waals surface area contributed by atoms with Gasteiger partial charge < -0.3 is 10.1 Å². The van der Waals surface area contributed by atoms with Crippen LogP contribution in [0.15, 0.2) is 0 Å². The summed E-state index contributed by atoms with van der Waals surface area (Å²) in [6, 6.07) is 0.630. The minimum Gasteiger partial charge on any atom is -0.377 e. The maximum absolute atomic E-state index is 5.71. The molecule has 2 heteroatoms. The Morgan fingerprint density at radius 3 is 2.53 bits per heavy atom. The van der Waals surface area contributed by atoms with Crippen LogP contribution in [0.25, 0.3) is 0 Å². The Kier molecular flexibility index (Phi) is 6.26. The van der Waals surface area contributed by atoms with Crippen LogP contribution in [-0.2, 0) is 4.74 Å². The number of ether oxygens (including phenoxy) is 1. The van der Waals surface area contributed by atoms with Gasteiger partial charge in [-0.1, -0.05) is 26.7 Å². The molecule has 1 fully saturated rings. The molecule has 0 aliphatic carbocycles. The molecular weight excluding hydrogens is 186 g/mol. The highest BCUT2D eigenvalue weighted by atomic mass is 16.5. The van der Waals surface area contributed by atoms with Gasteiger partial charge in [-0.15, -0.1) is 0 Å². The maximum atomic E-state index is 5.71. The molecule has 15 heavy (non-hydrogen) atoms. The quantitative estimate of drug-likeness (QED) is 0.732. The second-order valence-electron chi connectivity index (χ2n) is 4.76. The summed E-state index contributed by atoms with van der Waals surface area (Å²) in [5.74, 6) is 0.814. The normalized spacial score (nSPS) is 24.4. The predicted molar refractivity (Wildman–Crippen MR) is 65.1 cm³/mol. The van der Waals surface area contributed by atoms with Crippen LogP contribution in [0, 0.1) is 5.92 Å². The third-order valence-electron chi connectivity index (χ3n) is 3.70. The molecule has 2 nitrogen and oxygen atoms in total. The van der Waals surface area contributed by atoms with Gasteiger partial charge in [0, 0.05) is 19.2 Å². The van der Waals surface area contributed by atoms with E-state index >= 15 is 0 Å². The van der Waals surface area contributed by atoms with Gasteiger partial charge in [0.1, 0.15) is 0 Å². The van der Waals surface area contributed by atoms with Crippen LogP contribution >= 0.6 is 0 Å². The van der Waals surface area contributed by atoms with Crippen LogP contribution in [0.4, 0.5) is 0 Å². The molecular formula is C13H27NO. The van der Waals surface area contributed by atoms with E-state index in [4.69, 9.17) is 4.74 Å². The standard InChI is InChI=1S/C13H27NO/c1-4-12(5-2)11(3)14-10-13-8-6-7-9-15-13/h11-14H,4-10H2,1-3H3. The molecule has 0 radical (unpaired) electrons. The lowest BCUT2D eigenvalue weighted by atomic mass is 9.95. The predicted octanol–water partition coefficient (Wildman–Crippen LogP) is 2.97. The van der Waals surface area contributed by atoms with Gasteiger partial charge >= 0.3 is 0 Å². The van der Waals surface area contributed by atoms with Crippen molar-refractivity contribution >= 4 is 0 Å². The van der Waals surface area contributed by atoms with Gasteiger partial charge in [-0.25, -0.2) is 0 Å². The van der Waals surface area contributed by atoms with Gasteiger partial charge in [-0.05, 0) is 32.1 Å². The van der Waals surface area contributed by atoms with Crippen molar-refractivity contribution in [2.75, 3.05) is 13.2 Å². The number of rotatable bonds is 6. The average Bonchev–Trinajstić information content (AvgIpc) is 2.29. The summed E-state index contributed by atoms with van der Waals surface area (Å²) in [5.41, 5.74) is 0. The first-order chi connectivity index (χ1) is 7.27. The number of hydrogen-bond donors (Lipinski definition) is 1. The van der Waals surface area contributed by atoms with Crippen molar-refractivity contribution in [3.8, 4) is 0 Å². The zero-order valence-electron chi connectivity index (χ0n) is 10.6. The summed E-state index contributed by atoms with van der Waals surface area (Å²) in [4.78, 5) is 0. The third kappa shape index (κ3) is 4.52. The van der Waals surface area contributed by atoms with Gasteiger partial charge in [0.05, 0.1) is 6.10 Å². The Bertz CT molecular complexity index is 151. The molecule has 0 saturated carbocycles. The van der Waals surface area contributed by atoms with Crippen LogP contribution in [0.3, 0.4) is 0 Å². The summed E-state index contributed by atoms with van der Waals surface area (Å²) < 4.78 is 5.71. The lowest BCUT2D eigenvalue weighted by molar-refractivity contribution is 0.0145. The fourth-order valence-corrected chi connectivity index (χ4v) is 2.45. The Morgan fingerprint density at radius 1 is 1.27 bits per heavy atom. The van der Waals surface area contributed by atoms with E-state index in [1.54, 1.807) is 0 Å². The van der Waals surface area contributed by atoms with E-state index in [1.807, 2.05) is 0 Å². The molecule has 0 bridgehead atoms. The summed E-state index contributed by atoms with van der Waals surface area (Å²) in [5, 5.41) is 3.63. The van der Waals surface area contributed by atoms with Crippen LogP contribution in [0.2, 0.25) is 0 Å². The molecule has 0 aromatic carbocycles. The Morgan fingerprint density at radius 2 is 2.00 bits per heavy atom. The van der Waals surface area contributed by atoms with Gasteiger partial charge in [0.25, 0.3) is 0 Å². The van der Waals surface area contributed by atoms with Crippen LogP contribution in [0.5, 0.6) is 0 Å². The molecule has 0 spiro atoms. The zero-order chi connectivity index (χ0) is 11.1. The molecule has 2 atom stereocenters. The fourth-order valence-electron chi connectivity index (χ4n) is 2.45. The fraction of sp³-hybridized carbons (Fsp3) is 1.00. The molecule has 0 aromatic rings. The zero-order valence-corrected chi connectivity index (χ0v) is 10.6.